The lowest BCUT2D eigenvalue weighted by Gasteiger charge is -2.28. The van der Waals surface area contributed by atoms with Crippen molar-refractivity contribution < 1.29 is 9.59 Å². The molecule has 1 aliphatic heterocycles. The van der Waals surface area contributed by atoms with Crippen molar-refractivity contribution in [2.75, 3.05) is 5.32 Å². The summed E-state index contributed by atoms with van der Waals surface area (Å²) in [6.07, 6.45) is 0.636. The molecule has 0 saturated heterocycles. The lowest BCUT2D eigenvalue weighted by molar-refractivity contribution is -0.121. The second kappa shape index (κ2) is 7.09. The minimum atomic E-state index is -0.473. The predicted molar refractivity (Wildman–Crippen MR) is 99.4 cm³/mol. The first-order valence-electron chi connectivity index (χ1n) is 8.72. The van der Waals surface area contributed by atoms with Crippen LogP contribution in [0.15, 0.2) is 48.5 Å². The Hall–Kier alpha value is -2.62. The smallest absolute Gasteiger partial charge is 0.255 e. The number of nitrogens with zero attached hydrogens (tertiary/aromatic N) is 1. The van der Waals surface area contributed by atoms with Crippen LogP contribution in [0, 0.1) is 12.8 Å². The Morgan fingerprint density at radius 3 is 2.48 bits per heavy atom. The summed E-state index contributed by atoms with van der Waals surface area (Å²) in [7, 11) is 0. The lowest BCUT2D eigenvalue weighted by Crippen LogP contribution is -2.45. The van der Waals surface area contributed by atoms with E-state index < -0.39 is 6.04 Å². The Labute approximate surface area is 148 Å². The van der Waals surface area contributed by atoms with Gasteiger partial charge in [-0.05, 0) is 42.5 Å². The molecular weight excluding hydrogens is 312 g/mol. The molecule has 0 saturated carbocycles. The third-order valence-electron chi connectivity index (χ3n) is 4.63. The van der Waals surface area contributed by atoms with Crippen molar-refractivity contribution >= 4 is 17.5 Å². The van der Waals surface area contributed by atoms with Gasteiger partial charge in [0.2, 0.25) is 5.91 Å². The summed E-state index contributed by atoms with van der Waals surface area (Å²) in [5.41, 5.74) is 3.51. The summed E-state index contributed by atoms with van der Waals surface area (Å²) in [5, 5.41) is 3.01. The van der Waals surface area contributed by atoms with E-state index in [1.54, 1.807) is 4.90 Å². The highest BCUT2D eigenvalue weighted by atomic mass is 16.2. The first kappa shape index (κ1) is 17.2. The largest absolute Gasteiger partial charge is 0.324 e. The monoisotopic (exact) mass is 336 g/mol. The third-order valence-corrected chi connectivity index (χ3v) is 4.63. The molecular formula is C21H24N2O2. The minimum Gasteiger partial charge on any atom is -0.324 e. The maximum atomic E-state index is 13.0. The zero-order chi connectivity index (χ0) is 18.0. The van der Waals surface area contributed by atoms with E-state index in [0.717, 1.165) is 16.8 Å². The van der Waals surface area contributed by atoms with Crippen molar-refractivity contribution in [2.24, 2.45) is 5.92 Å². The quantitative estimate of drug-likeness (QED) is 0.897. The van der Waals surface area contributed by atoms with Gasteiger partial charge in [0.05, 0.1) is 0 Å². The van der Waals surface area contributed by atoms with Crippen molar-refractivity contribution in [3.8, 4) is 0 Å². The number of benzene rings is 2. The van der Waals surface area contributed by atoms with E-state index in [4.69, 9.17) is 0 Å². The van der Waals surface area contributed by atoms with Crippen molar-refractivity contribution in [1.29, 1.82) is 0 Å². The molecule has 25 heavy (non-hydrogen) atoms. The maximum Gasteiger partial charge on any atom is 0.255 e. The van der Waals surface area contributed by atoms with E-state index in [-0.39, 0.29) is 11.8 Å². The standard InChI is InChI=1S/C21H24N2O2/c1-14(2)12-19(20(24)22-18-11-7-4-8-15(18)3)23-13-16-9-5-6-10-17(16)21(23)25/h4-11,14,19H,12-13H2,1-3H3,(H,22,24). The first-order valence-corrected chi connectivity index (χ1v) is 8.72. The number of fused-ring (bicyclic) bond motifs is 1. The van der Waals surface area contributed by atoms with Crippen molar-refractivity contribution in [1.82, 2.24) is 4.90 Å². The third kappa shape index (κ3) is 3.58. The Morgan fingerprint density at radius 2 is 1.80 bits per heavy atom. The molecule has 4 heteroatoms. The van der Waals surface area contributed by atoms with E-state index in [1.165, 1.54) is 0 Å². The van der Waals surface area contributed by atoms with E-state index >= 15 is 0 Å². The molecule has 3 rings (SSSR count). The first-order chi connectivity index (χ1) is 12.0. The van der Waals surface area contributed by atoms with E-state index in [0.29, 0.717) is 24.4 Å². The molecule has 2 aromatic rings. The molecule has 0 spiro atoms. The molecule has 0 fully saturated rings. The summed E-state index contributed by atoms with van der Waals surface area (Å²) >= 11 is 0. The molecule has 2 aromatic carbocycles. The molecule has 1 atom stereocenters. The summed E-state index contributed by atoms with van der Waals surface area (Å²) in [4.78, 5) is 27.5. The van der Waals surface area contributed by atoms with Gasteiger partial charge in [0.25, 0.3) is 5.91 Å². The number of para-hydroxylation sites is 1. The van der Waals surface area contributed by atoms with Crippen molar-refractivity contribution in [3.63, 3.8) is 0 Å². The number of aryl methyl sites for hydroxylation is 1. The summed E-state index contributed by atoms with van der Waals surface area (Å²) in [6.45, 7) is 6.60. The van der Waals surface area contributed by atoms with Crippen LogP contribution >= 0.6 is 0 Å². The van der Waals surface area contributed by atoms with Crippen LogP contribution in [0.25, 0.3) is 0 Å². The molecule has 130 valence electrons. The Kier molecular flexibility index (Phi) is 4.88. The molecule has 0 bridgehead atoms. The van der Waals surface area contributed by atoms with Gasteiger partial charge in [-0.3, -0.25) is 9.59 Å². The van der Waals surface area contributed by atoms with Gasteiger partial charge in [0, 0.05) is 17.8 Å². The number of carbonyl (C=O) groups excluding carboxylic acids is 2. The van der Waals surface area contributed by atoms with Crippen molar-refractivity contribution in [2.45, 2.75) is 39.8 Å². The van der Waals surface area contributed by atoms with Crippen LogP contribution in [0.2, 0.25) is 0 Å². The molecule has 0 radical (unpaired) electrons. The predicted octanol–water partition coefficient (Wildman–Crippen LogP) is 4.00. The Balaban J connectivity index is 1.84. The van der Waals surface area contributed by atoms with Gasteiger partial charge in [0.1, 0.15) is 6.04 Å². The number of anilines is 1. The van der Waals surface area contributed by atoms with Crippen LogP contribution < -0.4 is 5.32 Å². The second-order valence-corrected chi connectivity index (χ2v) is 7.04. The van der Waals surface area contributed by atoms with Crippen LogP contribution in [-0.4, -0.2) is 22.8 Å². The van der Waals surface area contributed by atoms with Gasteiger partial charge in [-0.2, -0.15) is 0 Å². The SMILES string of the molecule is Cc1ccccc1NC(=O)C(CC(C)C)N1Cc2ccccc2C1=O. The summed E-state index contributed by atoms with van der Waals surface area (Å²) < 4.78 is 0. The number of amides is 2. The zero-order valence-electron chi connectivity index (χ0n) is 15.0. The summed E-state index contributed by atoms with van der Waals surface area (Å²) in [6, 6.07) is 14.8. The highest BCUT2D eigenvalue weighted by Gasteiger charge is 2.36. The Morgan fingerprint density at radius 1 is 1.12 bits per heavy atom. The number of carbonyl (C=O) groups is 2. The van der Waals surface area contributed by atoms with Crippen LogP contribution in [-0.2, 0) is 11.3 Å². The fourth-order valence-electron chi connectivity index (χ4n) is 3.28. The molecule has 0 aliphatic carbocycles. The lowest BCUT2D eigenvalue weighted by atomic mass is 10.0. The summed E-state index contributed by atoms with van der Waals surface area (Å²) in [5.74, 6) is 0.134. The number of hydrogen-bond acceptors (Lipinski definition) is 2. The average molecular weight is 336 g/mol. The van der Waals surface area contributed by atoms with Gasteiger partial charge in [0.15, 0.2) is 0 Å². The van der Waals surface area contributed by atoms with Crippen molar-refractivity contribution in [3.05, 3.63) is 65.2 Å². The molecule has 4 nitrogen and oxygen atoms in total. The molecule has 2 amide bonds. The van der Waals surface area contributed by atoms with Crippen LogP contribution in [0.3, 0.4) is 0 Å². The van der Waals surface area contributed by atoms with Gasteiger partial charge in [-0.25, -0.2) is 0 Å². The minimum absolute atomic E-state index is 0.0545. The molecule has 1 heterocycles. The molecule has 1 unspecified atom stereocenters. The molecule has 1 aliphatic rings. The van der Waals surface area contributed by atoms with Gasteiger partial charge >= 0.3 is 0 Å². The van der Waals surface area contributed by atoms with E-state index in [1.807, 2.05) is 55.5 Å². The fraction of sp³-hybridized carbons (Fsp3) is 0.333. The van der Waals surface area contributed by atoms with Gasteiger partial charge < -0.3 is 10.2 Å². The van der Waals surface area contributed by atoms with Crippen LogP contribution in [0.1, 0.15) is 41.8 Å². The van der Waals surface area contributed by atoms with Crippen LogP contribution in [0.5, 0.6) is 0 Å². The highest BCUT2D eigenvalue weighted by Crippen LogP contribution is 2.27. The zero-order valence-corrected chi connectivity index (χ0v) is 15.0. The maximum absolute atomic E-state index is 13.0. The normalized spacial score (nSPS) is 14.6. The topological polar surface area (TPSA) is 49.4 Å². The Bertz CT molecular complexity index is 798. The van der Waals surface area contributed by atoms with E-state index in [2.05, 4.69) is 19.2 Å². The molecule has 0 aromatic heterocycles. The molecule has 1 N–H and O–H groups in total. The van der Waals surface area contributed by atoms with Gasteiger partial charge in [-0.15, -0.1) is 0 Å². The number of rotatable bonds is 5. The second-order valence-electron chi connectivity index (χ2n) is 7.04. The number of hydrogen-bond donors (Lipinski definition) is 1. The average Bonchev–Trinajstić information content (AvgIpc) is 2.91. The van der Waals surface area contributed by atoms with Crippen LogP contribution in [0.4, 0.5) is 5.69 Å². The highest BCUT2D eigenvalue weighted by molar-refractivity contribution is 6.03. The fourth-order valence-corrected chi connectivity index (χ4v) is 3.28. The van der Waals surface area contributed by atoms with E-state index in [9.17, 15) is 9.59 Å². The van der Waals surface area contributed by atoms with Gasteiger partial charge in [-0.1, -0.05) is 50.2 Å². The number of nitrogens with one attached hydrogen (secondary N) is 1.